The van der Waals surface area contributed by atoms with Gasteiger partial charge in [-0.3, -0.25) is 0 Å². The SMILES string of the molecule is CCC1(C)c2ccc(N(c3cccc4ccccc34)c3cccc4ccccc34)cc2-c2cccc[n+]2C1(C)CC. The molecule has 41 heavy (non-hydrogen) atoms. The molecule has 1 aliphatic heterocycles. The lowest BCUT2D eigenvalue weighted by Crippen LogP contribution is -2.67. The maximum absolute atomic E-state index is 2.54. The molecule has 0 saturated heterocycles. The maximum atomic E-state index is 2.54. The topological polar surface area (TPSA) is 7.12 Å². The van der Waals surface area contributed by atoms with Crippen molar-refractivity contribution in [3.8, 4) is 11.3 Å². The lowest BCUT2D eigenvalue weighted by Gasteiger charge is -2.46. The van der Waals surface area contributed by atoms with Gasteiger partial charge in [-0.2, -0.15) is 4.57 Å². The Morgan fingerprint density at radius 3 is 1.80 bits per heavy atom. The van der Waals surface area contributed by atoms with Gasteiger partial charge in [-0.1, -0.05) is 92.7 Å². The number of aromatic nitrogens is 1. The summed E-state index contributed by atoms with van der Waals surface area (Å²) >= 11 is 0. The number of benzene rings is 5. The fraction of sp³-hybridized carbons (Fsp3) is 0.205. The first-order valence-electron chi connectivity index (χ1n) is 14.9. The van der Waals surface area contributed by atoms with Crippen molar-refractivity contribution in [1.82, 2.24) is 0 Å². The van der Waals surface area contributed by atoms with Crippen molar-refractivity contribution in [3.63, 3.8) is 0 Å². The Kier molecular flexibility index (Phi) is 5.97. The van der Waals surface area contributed by atoms with Crippen LogP contribution in [0.4, 0.5) is 17.1 Å². The number of fused-ring (bicyclic) bond motifs is 5. The first-order valence-corrected chi connectivity index (χ1v) is 14.9. The first-order chi connectivity index (χ1) is 20.0. The van der Waals surface area contributed by atoms with Gasteiger partial charge in [0.15, 0.2) is 11.7 Å². The third kappa shape index (κ3) is 3.67. The van der Waals surface area contributed by atoms with E-state index in [0.717, 1.165) is 12.8 Å². The van der Waals surface area contributed by atoms with Crippen LogP contribution in [0.1, 0.15) is 46.1 Å². The minimum atomic E-state index is -0.0161. The van der Waals surface area contributed by atoms with Gasteiger partial charge in [-0.15, -0.1) is 0 Å². The Balaban J connectivity index is 1.55. The van der Waals surface area contributed by atoms with Gasteiger partial charge in [0.05, 0.1) is 22.4 Å². The van der Waals surface area contributed by atoms with Crippen LogP contribution >= 0.6 is 0 Å². The molecule has 2 heterocycles. The summed E-state index contributed by atoms with van der Waals surface area (Å²) in [7, 11) is 0. The van der Waals surface area contributed by atoms with E-state index < -0.39 is 0 Å². The Morgan fingerprint density at radius 1 is 0.610 bits per heavy atom. The van der Waals surface area contributed by atoms with Gasteiger partial charge < -0.3 is 4.90 Å². The van der Waals surface area contributed by atoms with E-state index >= 15 is 0 Å². The van der Waals surface area contributed by atoms with Gasteiger partial charge in [-0.05, 0) is 60.0 Å². The van der Waals surface area contributed by atoms with Crippen molar-refractivity contribution in [1.29, 1.82) is 0 Å². The third-order valence-electron chi connectivity index (χ3n) is 10.1. The normalized spacial score (nSPS) is 19.6. The summed E-state index contributed by atoms with van der Waals surface area (Å²) in [5, 5.41) is 4.97. The van der Waals surface area contributed by atoms with Crippen LogP contribution in [-0.2, 0) is 11.0 Å². The van der Waals surface area contributed by atoms with E-state index in [1.54, 1.807) is 0 Å². The zero-order chi connectivity index (χ0) is 28.2. The fourth-order valence-corrected chi connectivity index (χ4v) is 7.36. The van der Waals surface area contributed by atoms with Crippen molar-refractivity contribution in [3.05, 3.63) is 133 Å². The van der Waals surface area contributed by atoms with Crippen LogP contribution in [0.2, 0.25) is 0 Å². The standard InChI is InChI=1S/C39H37N2/c1-5-38(3)34-25-24-30(27-33(34)35-21-11-12-26-40(35)39(38,4)6-2)41(36-22-13-17-28-15-7-9-19-31(28)36)37-23-14-18-29-16-8-10-20-32(29)37/h7-27H,5-6H2,1-4H3/q+1. The quantitative estimate of drug-likeness (QED) is 0.200. The molecule has 2 unspecified atom stereocenters. The van der Waals surface area contributed by atoms with Crippen LogP contribution < -0.4 is 9.47 Å². The molecule has 5 aromatic carbocycles. The van der Waals surface area contributed by atoms with Crippen LogP contribution in [0.5, 0.6) is 0 Å². The van der Waals surface area contributed by atoms with E-state index in [0.29, 0.717) is 0 Å². The zero-order valence-electron chi connectivity index (χ0n) is 24.4. The van der Waals surface area contributed by atoms with Crippen LogP contribution in [0.15, 0.2) is 128 Å². The monoisotopic (exact) mass is 533 g/mol. The van der Waals surface area contributed by atoms with Gasteiger partial charge in [0.25, 0.3) is 0 Å². The first kappa shape index (κ1) is 25.5. The third-order valence-corrected chi connectivity index (χ3v) is 10.1. The smallest absolute Gasteiger partial charge is 0.213 e. The molecule has 6 aromatic rings. The minimum Gasteiger partial charge on any atom is -0.309 e. The predicted octanol–water partition coefficient (Wildman–Crippen LogP) is 10.2. The molecule has 0 saturated carbocycles. The van der Waals surface area contributed by atoms with E-state index in [9.17, 15) is 0 Å². The zero-order valence-corrected chi connectivity index (χ0v) is 24.4. The molecule has 0 N–H and O–H groups in total. The molecule has 0 bridgehead atoms. The van der Waals surface area contributed by atoms with Crippen molar-refractivity contribution < 1.29 is 4.57 Å². The Bertz CT molecular complexity index is 1830. The van der Waals surface area contributed by atoms with Crippen LogP contribution in [0.3, 0.4) is 0 Å². The van der Waals surface area contributed by atoms with Crippen LogP contribution in [-0.4, -0.2) is 0 Å². The van der Waals surface area contributed by atoms with Crippen LogP contribution in [0, 0.1) is 0 Å². The molecule has 0 amide bonds. The highest BCUT2D eigenvalue weighted by atomic mass is 15.1. The second-order valence-corrected chi connectivity index (χ2v) is 11.8. The lowest BCUT2D eigenvalue weighted by molar-refractivity contribution is -0.765. The highest BCUT2D eigenvalue weighted by Gasteiger charge is 2.56. The van der Waals surface area contributed by atoms with Gasteiger partial charge in [0.1, 0.15) is 0 Å². The van der Waals surface area contributed by atoms with Gasteiger partial charge in [0, 0.05) is 41.9 Å². The van der Waals surface area contributed by atoms with E-state index in [-0.39, 0.29) is 11.0 Å². The van der Waals surface area contributed by atoms with E-state index in [1.165, 1.54) is 55.4 Å². The maximum Gasteiger partial charge on any atom is 0.213 e. The number of rotatable bonds is 5. The molecule has 0 aliphatic carbocycles. The average Bonchev–Trinajstić information content (AvgIpc) is 3.04. The largest absolute Gasteiger partial charge is 0.309 e. The number of hydrogen-bond acceptors (Lipinski definition) is 1. The Morgan fingerprint density at radius 2 is 1.20 bits per heavy atom. The molecule has 2 nitrogen and oxygen atoms in total. The Hall–Kier alpha value is -4.43. The Labute approximate surface area is 243 Å². The molecule has 1 aliphatic rings. The molecular weight excluding hydrogens is 496 g/mol. The number of anilines is 3. The lowest BCUT2D eigenvalue weighted by atomic mass is 9.60. The van der Waals surface area contributed by atoms with Crippen molar-refractivity contribution in [2.75, 3.05) is 4.90 Å². The number of nitrogens with zero attached hydrogens (tertiary/aromatic N) is 2. The van der Waals surface area contributed by atoms with E-state index in [2.05, 4.69) is 165 Å². The fourth-order valence-electron chi connectivity index (χ4n) is 7.36. The molecular formula is C39H37N2+. The molecule has 2 atom stereocenters. The summed E-state index contributed by atoms with van der Waals surface area (Å²) in [6.07, 6.45) is 4.43. The second kappa shape index (κ2) is 9.59. The summed E-state index contributed by atoms with van der Waals surface area (Å²) in [4.78, 5) is 2.47. The summed E-state index contributed by atoms with van der Waals surface area (Å²) in [6.45, 7) is 9.58. The van der Waals surface area contributed by atoms with E-state index in [4.69, 9.17) is 0 Å². The molecule has 202 valence electrons. The second-order valence-electron chi connectivity index (χ2n) is 11.8. The number of pyridine rings is 1. The molecule has 0 spiro atoms. The molecule has 7 rings (SSSR count). The van der Waals surface area contributed by atoms with Crippen LogP contribution in [0.25, 0.3) is 32.8 Å². The summed E-state index contributed by atoms with van der Waals surface area (Å²) in [6, 6.07) is 44.6. The van der Waals surface area contributed by atoms with Crippen molar-refractivity contribution in [2.45, 2.75) is 51.5 Å². The minimum absolute atomic E-state index is 0.00164. The van der Waals surface area contributed by atoms with Gasteiger partial charge >= 0.3 is 0 Å². The van der Waals surface area contributed by atoms with Gasteiger partial charge in [0.2, 0.25) is 5.69 Å². The predicted molar refractivity (Wildman–Crippen MR) is 173 cm³/mol. The highest BCUT2D eigenvalue weighted by Crippen LogP contribution is 2.51. The highest BCUT2D eigenvalue weighted by molar-refractivity contribution is 6.05. The summed E-state index contributed by atoms with van der Waals surface area (Å²) in [5.74, 6) is 0. The van der Waals surface area contributed by atoms with Gasteiger partial charge in [-0.25, -0.2) is 0 Å². The number of hydrogen-bond donors (Lipinski definition) is 0. The molecule has 0 radical (unpaired) electrons. The summed E-state index contributed by atoms with van der Waals surface area (Å²) < 4.78 is 2.54. The molecule has 1 aromatic heterocycles. The van der Waals surface area contributed by atoms with Crippen molar-refractivity contribution in [2.24, 2.45) is 0 Å². The molecule has 0 fully saturated rings. The molecule has 2 heteroatoms. The van der Waals surface area contributed by atoms with Crippen molar-refractivity contribution >= 4 is 38.6 Å². The van der Waals surface area contributed by atoms with E-state index in [1.807, 2.05) is 0 Å². The average molecular weight is 534 g/mol. The summed E-state index contributed by atoms with van der Waals surface area (Å²) in [5.41, 5.74) is 7.58.